The Kier molecular flexibility index (Phi) is 4.35. The van der Waals surface area contributed by atoms with Gasteiger partial charge in [0, 0.05) is 67.7 Å². The minimum Gasteiger partial charge on any atom is -0.371 e. The van der Waals surface area contributed by atoms with Gasteiger partial charge in [-0.05, 0) is 44.0 Å². The molecule has 0 saturated carbocycles. The molecule has 0 aromatic carbocycles. The van der Waals surface area contributed by atoms with Gasteiger partial charge < -0.3 is 14.5 Å². The highest BCUT2D eigenvalue weighted by atomic mass is 16.5. The van der Waals surface area contributed by atoms with Gasteiger partial charge >= 0.3 is 0 Å². The van der Waals surface area contributed by atoms with Crippen LogP contribution in [-0.4, -0.2) is 39.5 Å². The van der Waals surface area contributed by atoms with Gasteiger partial charge in [0.05, 0.1) is 24.4 Å². The van der Waals surface area contributed by atoms with Crippen molar-refractivity contribution in [3.63, 3.8) is 0 Å². The second-order valence-electron chi connectivity index (χ2n) is 9.24. The van der Waals surface area contributed by atoms with Crippen LogP contribution in [0.1, 0.15) is 48.3 Å². The molecule has 3 aliphatic heterocycles. The minimum absolute atomic E-state index is 0.167. The molecule has 0 N–H and O–H groups in total. The lowest BCUT2D eigenvalue weighted by Gasteiger charge is -2.41. The van der Waals surface area contributed by atoms with Gasteiger partial charge in [-0.15, -0.1) is 0 Å². The van der Waals surface area contributed by atoms with E-state index in [9.17, 15) is 4.79 Å². The van der Waals surface area contributed by atoms with E-state index in [1.165, 1.54) is 22.4 Å². The molecule has 2 aromatic rings. The number of rotatable bonds is 3. The van der Waals surface area contributed by atoms with Crippen LogP contribution in [0.2, 0.25) is 0 Å². The van der Waals surface area contributed by atoms with Crippen LogP contribution in [-0.2, 0) is 35.6 Å². The molecule has 0 unspecified atom stereocenters. The third-order valence-corrected chi connectivity index (χ3v) is 6.56. The molecular formula is C23H28N4O2. The topological polar surface area (TPSA) is 58.6 Å². The van der Waals surface area contributed by atoms with E-state index >= 15 is 0 Å². The van der Waals surface area contributed by atoms with E-state index in [2.05, 4.69) is 30.7 Å². The molecule has 6 heteroatoms. The maximum absolute atomic E-state index is 12.9. The standard InChI is InChI=1S/C23H28N4O2/c1-15-18-12-27(13-21(18)25-20-9-23(2,3)29-14-19(15)20)22(28)8-16-10-26(11-16)17-4-6-24-7-5-17/h4-7,16H,8-14H2,1-3H3. The van der Waals surface area contributed by atoms with Gasteiger partial charge in [0.25, 0.3) is 0 Å². The number of hydrogen-bond acceptors (Lipinski definition) is 5. The molecule has 5 heterocycles. The number of nitrogens with zero attached hydrogens (tertiary/aromatic N) is 4. The lowest BCUT2D eigenvalue weighted by Crippen LogP contribution is -2.48. The molecular weight excluding hydrogens is 364 g/mol. The molecule has 0 atom stereocenters. The molecule has 152 valence electrons. The fraction of sp³-hybridized carbons (Fsp3) is 0.522. The molecule has 1 amide bonds. The molecule has 1 saturated heterocycles. The molecule has 29 heavy (non-hydrogen) atoms. The van der Waals surface area contributed by atoms with Crippen molar-refractivity contribution >= 4 is 11.6 Å². The highest BCUT2D eigenvalue weighted by molar-refractivity contribution is 5.77. The Balaban J connectivity index is 1.23. The van der Waals surface area contributed by atoms with Crippen molar-refractivity contribution in [2.45, 2.75) is 58.9 Å². The van der Waals surface area contributed by atoms with Crippen LogP contribution in [0.15, 0.2) is 24.5 Å². The number of amides is 1. The number of ether oxygens (including phenoxy) is 1. The first-order chi connectivity index (χ1) is 13.9. The largest absolute Gasteiger partial charge is 0.371 e. The maximum atomic E-state index is 12.9. The second kappa shape index (κ2) is 6.80. The van der Waals surface area contributed by atoms with Crippen LogP contribution in [0.3, 0.4) is 0 Å². The van der Waals surface area contributed by atoms with Gasteiger partial charge in [0.2, 0.25) is 5.91 Å². The molecule has 0 radical (unpaired) electrons. The average Bonchev–Trinajstić information content (AvgIpc) is 3.08. The highest BCUT2D eigenvalue weighted by Gasteiger charge is 2.35. The Morgan fingerprint density at radius 3 is 2.69 bits per heavy atom. The number of anilines is 1. The fourth-order valence-electron chi connectivity index (χ4n) is 4.76. The van der Waals surface area contributed by atoms with E-state index in [4.69, 9.17) is 9.72 Å². The van der Waals surface area contributed by atoms with Gasteiger partial charge in [0.1, 0.15) is 0 Å². The minimum atomic E-state index is -0.167. The number of aromatic nitrogens is 2. The Morgan fingerprint density at radius 1 is 1.17 bits per heavy atom. The van der Waals surface area contributed by atoms with Crippen LogP contribution in [0.25, 0.3) is 0 Å². The normalized spacial score (nSPS) is 20.2. The van der Waals surface area contributed by atoms with Crippen molar-refractivity contribution in [1.29, 1.82) is 0 Å². The fourth-order valence-corrected chi connectivity index (χ4v) is 4.76. The lowest BCUT2D eigenvalue weighted by atomic mass is 9.91. The van der Waals surface area contributed by atoms with Gasteiger partial charge in [-0.2, -0.15) is 0 Å². The first kappa shape index (κ1) is 18.6. The molecule has 0 spiro atoms. The average molecular weight is 393 g/mol. The molecule has 0 aliphatic carbocycles. The van der Waals surface area contributed by atoms with Crippen LogP contribution in [0, 0.1) is 12.8 Å². The molecule has 0 bridgehead atoms. The number of hydrogen-bond donors (Lipinski definition) is 0. The SMILES string of the molecule is Cc1c2c(nc3c1CN(C(=O)CC1CN(c4ccncc4)C1)C3)CC(C)(C)OC2. The predicted molar refractivity (Wildman–Crippen MR) is 110 cm³/mol. The Bertz CT molecular complexity index is 951. The van der Waals surface area contributed by atoms with E-state index in [-0.39, 0.29) is 11.5 Å². The molecule has 5 rings (SSSR count). The van der Waals surface area contributed by atoms with Gasteiger partial charge in [0.15, 0.2) is 0 Å². The summed E-state index contributed by atoms with van der Waals surface area (Å²) in [6.45, 7) is 10.2. The van der Waals surface area contributed by atoms with Crippen molar-refractivity contribution in [2.75, 3.05) is 18.0 Å². The lowest BCUT2D eigenvalue weighted by molar-refractivity contribution is -0.133. The van der Waals surface area contributed by atoms with Crippen molar-refractivity contribution in [3.8, 4) is 0 Å². The van der Waals surface area contributed by atoms with Crippen LogP contribution in [0.5, 0.6) is 0 Å². The van der Waals surface area contributed by atoms with Gasteiger partial charge in [-0.25, -0.2) is 0 Å². The van der Waals surface area contributed by atoms with E-state index in [1.807, 2.05) is 29.4 Å². The zero-order chi connectivity index (χ0) is 20.2. The maximum Gasteiger partial charge on any atom is 0.223 e. The molecule has 2 aromatic heterocycles. The van der Waals surface area contributed by atoms with Gasteiger partial charge in [-0.1, -0.05) is 0 Å². The Labute approximate surface area is 171 Å². The summed E-state index contributed by atoms with van der Waals surface area (Å²) in [5, 5.41) is 0. The zero-order valence-corrected chi connectivity index (χ0v) is 17.4. The first-order valence-corrected chi connectivity index (χ1v) is 10.5. The summed E-state index contributed by atoms with van der Waals surface area (Å²) in [5.74, 6) is 0.673. The molecule has 3 aliphatic rings. The zero-order valence-electron chi connectivity index (χ0n) is 17.4. The highest BCUT2D eigenvalue weighted by Crippen LogP contribution is 2.35. The van der Waals surface area contributed by atoms with Crippen LogP contribution < -0.4 is 4.90 Å². The van der Waals surface area contributed by atoms with Crippen LogP contribution in [0.4, 0.5) is 5.69 Å². The van der Waals surface area contributed by atoms with E-state index in [0.29, 0.717) is 32.0 Å². The van der Waals surface area contributed by atoms with Gasteiger partial charge in [-0.3, -0.25) is 14.8 Å². The van der Waals surface area contributed by atoms with Crippen molar-refractivity contribution in [2.24, 2.45) is 5.92 Å². The first-order valence-electron chi connectivity index (χ1n) is 10.5. The monoisotopic (exact) mass is 392 g/mol. The third-order valence-electron chi connectivity index (χ3n) is 6.56. The Hall–Kier alpha value is -2.47. The summed E-state index contributed by atoms with van der Waals surface area (Å²) in [6, 6.07) is 4.05. The summed E-state index contributed by atoms with van der Waals surface area (Å²) in [6.07, 6.45) is 5.08. The Morgan fingerprint density at radius 2 is 1.93 bits per heavy atom. The number of pyridine rings is 2. The smallest absolute Gasteiger partial charge is 0.223 e. The molecule has 1 fully saturated rings. The summed E-state index contributed by atoms with van der Waals surface area (Å²) in [4.78, 5) is 26.3. The summed E-state index contributed by atoms with van der Waals surface area (Å²) in [7, 11) is 0. The van der Waals surface area contributed by atoms with E-state index in [1.54, 1.807) is 0 Å². The summed E-state index contributed by atoms with van der Waals surface area (Å²) in [5.41, 5.74) is 6.98. The van der Waals surface area contributed by atoms with Crippen molar-refractivity contribution in [1.82, 2.24) is 14.9 Å². The summed E-state index contributed by atoms with van der Waals surface area (Å²) >= 11 is 0. The van der Waals surface area contributed by atoms with Crippen molar-refractivity contribution in [3.05, 3.63) is 52.6 Å². The third kappa shape index (κ3) is 3.39. The summed E-state index contributed by atoms with van der Waals surface area (Å²) < 4.78 is 6.00. The quantitative estimate of drug-likeness (QED) is 0.804. The van der Waals surface area contributed by atoms with Crippen molar-refractivity contribution < 1.29 is 9.53 Å². The second-order valence-corrected chi connectivity index (χ2v) is 9.24. The van der Waals surface area contributed by atoms with E-state index in [0.717, 1.165) is 30.9 Å². The number of carbonyl (C=O) groups is 1. The van der Waals surface area contributed by atoms with E-state index < -0.39 is 0 Å². The predicted octanol–water partition coefficient (Wildman–Crippen LogP) is 3.01. The van der Waals surface area contributed by atoms with Crippen LogP contribution >= 0.6 is 0 Å². The molecule has 6 nitrogen and oxygen atoms in total. The number of fused-ring (bicyclic) bond motifs is 2. The number of carbonyl (C=O) groups excluding carboxylic acids is 1.